The number of carbonyl (C=O) groups is 2. The van der Waals surface area contributed by atoms with Crippen LogP contribution < -0.4 is 0 Å². The summed E-state index contributed by atoms with van der Waals surface area (Å²) in [7, 11) is -5.39. The van der Waals surface area contributed by atoms with Gasteiger partial charge in [0.25, 0.3) is 0 Å². The molecular weight excluding hydrogens is 559 g/mol. The van der Waals surface area contributed by atoms with Crippen LogP contribution in [0, 0.1) is 11.3 Å². The molecule has 6 atom stereocenters. The fourth-order valence-electron chi connectivity index (χ4n) is 9.21. The van der Waals surface area contributed by atoms with Crippen LogP contribution in [-0.4, -0.2) is 77.2 Å². The van der Waals surface area contributed by atoms with Gasteiger partial charge < -0.3 is 24.1 Å². The van der Waals surface area contributed by atoms with Gasteiger partial charge in [-0.15, -0.1) is 0 Å². The molecule has 234 valence electrons. The molecule has 12 heteroatoms. The van der Waals surface area contributed by atoms with E-state index in [1.165, 1.54) is 6.42 Å². The molecule has 1 spiro atoms. The van der Waals surface area contributed by atoms with Gasteiger partial charge in [0, 0.05) is 24.7 Å². The minimum absolute atomic E-state index is 0.0281. The van der Waals surface area contributed by atoms with Crippen LogP contribution in [-0.2, 0) is 38.7 Å². The Hall–Kier alpha value is -1.34. The maximum absolute atomic E-state index is 15.5. The summed E-state index contributed by atoms with van der Waals surface area (Å²) in [5.41, 5.74) is -4.25. The average Bonchev–Trinajstić information content (AvgIpc) is 3.19. The predicted octanol–water partition coefficient (Wildman–Crippen LogP) is 4.17. The Labute approximate surface area is 241 Å². The lowest BCUT2D eigenvalue weighted by Crippen LogP contribution is -2.70. The summed E-state index contributed by atoms with van der Waals surface area (Å²) in [4.78, 5) is 25.7. The Bertz CT molecular complexity index is 1140. The number of ether oxygens (including phenoxy) is 4. The minimum Gasteiger partial charge on any atom is -0.462 e. The Morgan fingerprint density at radius 1 is 1.00 bits per heavy atom. The SMILES string of the molecule is CCCCC(F)(C(=O)OC12CC3CC4(O)CC(OCC(=O)OCCOC5(CC)CCCCC5)(C1)C4(C3)C2)S(=O)(=O)O. The molecule has 0 aliphatic heterocycles. The van der Waals surface area contributed by atoms with Crippen molar-refractivity contribution < 1.29 is 51.0 Å². The number of carbonyl (C=O) groups excluding carboxylic acids is 2. The molecule has 3 bridgehead atoms. The molecule has 2 N–H and O–H groups in total. The summed E-state index contributed by atoms with van der Waals surface area (Å²) >= 11 is 0. The van der Waals surface area contributed by atoms with Crippen molar-refractivity contribution in [3.8, 4) is 0 Å². The minimum atomic E-state index is -5.39. The zero-order chi connectivity index (χ0) is 29.8. The Morgan fingerprint density at radius 2 is 1.73 bits per heavy atom. The van der Waals surface area contributed by atoms with E-state index in [1.807, 2.05) is 0 Å². The van der Waals surface area contributed by atoms with E-state index in [0.717, 1.165) is 32.1 Å². The first-order valence-corrected chi connectivity index (χ1v) is 16.7. The Morgan fingerprint density at radius 3 is 2.39 bits per heavy atom. The quantitative estimate of drug-likeness (QED) is 0.168. The third kappa shape index (κ3) is 5.03. The van der Waals surface area contributed by atoms with Gasteiger partial charge in [-0.1, -0.05) is 39.5 Å². The fourth-order valence-corrected chi connectivity index (χ4v) is 9.86. The monoisotopic (exact) mass is 604 g/mol. The number of fused-ring (bicyclic) bond motifs is 2. The zero-order valence-electron chi connectivity index (χ0n) is 24.3. The molecule has 0 amide bonds. The van der Waals surface area contributed by atoms with Gasteiger partial charge in [-0.3, -0.25) is 4.55 Å². The zero-order valence-corrected chi connectivity index (χ0v) is 25.1. The largest absolute Gasteiger partial charge is 0.462 e. The van der Waals surface area contributed by atoms with Crippen LogP contribution in [0.5, 0.6) is 0 Å². The van der Waals surface area contributed by atoms with Crippen LogP contribution in [0.15, 0.2) is 0 Å². The van der Waals surface area contributed by atoms with Gasteiger partial charge in [0.2, 0.25) is 0 Å². The molecule has 0 aromatic carbocycles. The molecular formula is C29H45FO10S. The van der Waals surface area contributed by atoms with Gasteiger partial charge in [0.15, 0.2) is 0 Å². The molecule has 0 radical (unpaired) electrons. The van der Waals surface area contributed by atoms with Crippen LogP contribution in [0.25, 0.3) is 0 Å². The van der Waals surface area contributed by atoms with Crippen molar-refractivity contribution >= 4 is 22.1 Å². The van der Waals surface area contributed by atoms with Crippen LogP contribution in [0.2, 0.25) is 0 Å². The second kappa shape index (κ2) is 10.7. The summed E-state index contributed by atoms with van der Waals surface area (Å²) in [6, 6.07) is 0. The van der Waals surface area contributed by atoms with Crippen molar-refractivity contribution in [3.63, 3.8) is 0 Å². The lowest BCUT2D eigenvalue weighted by molar-refractivity contribution is -0.289. The highest BCUT2D eigenvalue weighted by molar-refractivity contribution is 7.87. The van der Waals surface area contributed by atoms with Gasteiger partial charge in [-0.25, -0.2) is 14.0 Å². The molecule has 5 aliphatic carbocycles. The predicted molar refractivity (Wildman–Crippen MR) is 144 cm³/mol. The number of rotatable bonds is 14. The van der Waals surface area contributed by atoms with Crippen molar-refractivity contribution in [2.24, 2.45) is 11.3 Å². The number of hydrogen-bond acceptors (Lipinski definition) is 9. The van der Waals surface area contributed by atoms with Crippen LogP contribution in [0.1, 0.15) is 110 Å². The number of unbranched alkanes of at least 4 members (excludes halogenated alkanes) is 1. The van der Waals surface area contributed by atoms with E-state index in [0.29, 0.717) is 32.3 Å². The molecule has 0 aromatic heterocycles. The average molecular weight is 605 g/mol. The van der Waals surface area contributed by atoms with Gasteiger partial charge in [-0.2, -0.15) is 8.42 Å². The van der Waals surface area contributed by atoms with Gasteiger partial charge in [0.1, 0.15) is 18.8 Å². The molecule has 5 saturated carbocycles. The Balaban J connectivity index is 1.22. The summed E-state index contributed by atoms with van der Waals surface area (Å²) < 4.78 is 72.4. The van der Waals surface area contributed by atoms with Crippen molar-refractivity contribution in [3.05, 3.63) is 0 Å². The molecule has 5 aliphatic rings. The first-order chi connectivity index (χ1) is 19.2. The van der Waals surface area contributed by atoms with Gasteiger partial charge in [0.05, 0.1) is 23.4 Å². The third-order valence-corrected chi connectivity index (χ3v) is 12.2. The fraction of sp³-hybridized carbons (Fsp3) is 0.931. The topological polar surface area (TPSA) is 146 Å². The lowest BCUT2D eigenvalue weighted by atomic mass is 9.49. The van der Waals surface area contributed by atoms with E-state index >= 15 is 4.39 Å². The number of esters is 2. The summed E-state index contributed by atoms with van der Waals surface area (Å²) in [5.74, 6) is -2.23. The molecule has 0 heterocycles. The molecule has 6 unspecified atom stereocenters. The van der Waals surface area contributed by atoms with Gasteiger partial charge >= 0.3 is 27.1 Å². The van der Waals surface area contributed by atoms with Crippen molar-refractivity contribution in [2.45, 2.75) is 138 Å². The highest BCUT2D eigenvalue weighted by atomic mass is 32.2. The van der Waals surface area contributed by atoms with Crippen molar-refractivity contribution in [1.82, 2.24) is 0 Å². The van der Waals surface area contributed by atoms with Crippen LogP contribution in [0.4, 0.5) is 4.39 Å². The van der Waals surface area contributed by atoms with E-state index in [4.69, 9.17) is 18.9 Å². The smallest absolute Gasteiger partial charge is 0.363 e. The standard InChI is InChI=1S/C29H45FO10S/c1-3-5-11-29(30,41(34,35)36)23(32)40-25-14-21-15-26(18-25)27(33,16-21)20-28(26,19-25)39-17-22(31)37-12-13-38-24(4-2)9-7-6-8-10-24/h21,33H,3-20H2,1-2H3,(H,34,35,36). The number of halogens is 1. The molecule has 0 aromatic rings. The van der Waals surface area contributed by atoms with E-state index in [-0.39, 0.29) is 50.4 Å². The first-order valence-electron chi connectivity index (χ1n) is 15.3. The maximum Gasteiger partial charge on any atom is 0.363 e. The normalized spacial score (nSPS) is 38.1. The summed E-state index contributed by atoms with van der Waals surface area (Å²) in [6.07, 6.45) is 8.09. The molecule has 5 rings (SSSR count). The van der Waals surface area contributed by atoms with E-state index in [9.17, 15) is 27.7 Å². The van der Waals surface area contributed by atoms with E-state index < -0.39 is 55.7 Å². The summed E-state index contributed by atoms with van der Waals surface area (Å²) in [5, 5.41) is 7.90. The maximum atomic E-state index is 15.5. The molecule has 10 nitrogen and oxygen atoms in total. The third-order valence-electron chi connectivity index (χ3n) is 11.0. The highest BCUT2D eigenvalue weighted by Crippen LogP contribution is 2.81. The first kappa shape index (κ1) is 31.1. The Kier molecular flexibility index (Phi) is 8.10. The van der Waals surface area contributed by atoms with Crippen molar-refractivity contribution in [1.29, 1.82) is 0 Å². The van der Waals surface area contributed by atoms with E-state index in [1.54, 1.807) is 6.92 Å². The molecule has 5 fully saturated rings. The van der Waals surface area contributed by atoms with Crippen molar-refractivity contribution in [2.75, 3.05) is 19.8 Å². The van der Waals surface area contributed by atoms with Gasteiger partial charge in [-0.05, 0) is 57.3 Å². The number of aliphatic hydroxyl groups is 1. The molecule has 0 saturated heterocycles. The van der Waals surface area contributed by atoms with E-state index in [2.05, 4.69) is 6.92 Å². The number of hydrogen-bond donors (Lipinski definition) is 2. The van der Waals surface area contributed by atoms with Crippen LogP contribution in [0.3, 0.4) is 0 Å². The second-order valence-corrected chi connectivity index (χ2v) is 15.0. The second-order valence-electron chi connectivity index (χ2n) is 13.5. The van der Waals surface area contributed by atoms with Crippen LogP contribution >= 0.6 is 0 Å². The molecule has 41 heavy (non-hydrogen) atoms. The highest BCUT2D eigenvalue weighted by Gasteiger charge is 2.86. The summed E-state index contributed by atoms with van der Waals surface area (Å²) in [6.45, 7) is 3.85. The lowest BCUT2D eigenvalue weighted by Gasteiger charge is -2.62. The number of alkyl halides is 1.